The molecule has 16 heavy (non-hydrogen) atoms. The van der Waals surface area contributed by atoms with Gasteiger partial charge in [0.1, 0.15) is 5.15 Å². The Bertz CT molecular complexity index is 385. The molecule has 0 aromatic carbocycles. The predicted octanol–water partition coefficient (Wildman–Crippen LogP) is 3.10. The maximum Gasteiger partial charge on any atom is 0.248 e. The third-order valence-electron chi connectivity index (χ3n) is 3.17. The molecule has 0 unspecified atom stereocenters. The topological polar surface area (TPSA) is 38.9 Å². The van der Waals surface area contributed by atoms with Crippen LogP contribution in [0.1, 0.15) is 31.2 Å². The van der Waals surface area contributed by atoms with E-state index in [1.54, 1.807) is 18.3 Å². The zero-order valence-corrected chi connectivity index (χ0v) is 9.47. The molecule has 1 aliphatic rings. The van der Waals surface area contributed by atoms with Crippen LogP contribution < -0.4 is 5.73 Å². The highest BCUT2D eigenvalue weighted by Crippen LogP contribution is 2.43. The monoisotopic (exact) mass is 246 g/mol. The summed E-state index contributed by atoms with van der Waals surface area (Å²) >= 11 is 5.94. The number of nitrogens with zero attached hydrogens (tertiary/aromatic N) is 1. The van der Waals surface area contributed by atoms with Gasteiger partial charge in [-0.05, 0) is 18.9 Å². The molecule has 1 heterocycles. The molecule has 1 aliphatic carbocycles. The maximum atomic E-state index is 13.1. The Labute approximate surface area is 97.8 Å². The van der Waals surface area contributed by atoms with Gasteiger partial charge in [0, 0.05) is 30.1 Å². The highest BCUT2D eigenvalue weighted by molar-refractivity contribution is 6.30. The molecule has 1 saturated carbocycles. The van der Waals surface area contributed by atoms with Crippen LogP contribution in [0.2, 0.25) is 5.15 Å². The van der Waals surface area contributed by atoms with Gasteiger partial charge in [0.2, 0.25) is 5.92 Å². The molecule has 0 saturated heterocycles. The van der Waals surface area contributed by atoms with E-state index in [0.717, 1.165) is 0 Å². The van der Waals surface area contributed by atoms with Gasteiger partial charge in [-0.2, -0.15) is 0 Å². The molecule has 0 amide bonds. The van der Waals surface area contributed by atoms with E-state index in [9.17, 15) is 8.78 Å². The lowest BCUT2D eigenvalue weighted by molar-refractivity contribution is -0.0514. The lowest BCUT2D eigenvalue weighted by Crippen LogP contribution is -2.43. The molecule has 1 fully saturated rings. The average molecular weight is 247 g/mol. The molecule has 0 radical (unpaired) electrons. The molecule has 0 spiro atoms. The van der Waals surface area contributed by atoms with E-state index in [1.807, 2.05) is 0 Å². The zero-order chi connectivity index (χ0) is 11.8. The molecule has 2 rings (SSSR count). The first-order valence-electron chi connectivity index (χ1n) is 5.21. The van der Waals surface area contributed by atoms with Crippen LogP contribution in [0.3, 0.4) is 0 Å². The van der Waals surface area contributed by atoms with Gasteiger partial charge in [-0.25, -0.2) is 13.8 Å². The summed E-state index contributed by atoms with van der Waals surface area (Å²) in [5.74, 6) is -2.59. The highest BCUT2D eigenvalue weighted by Gasteiger charge is 2.42. The molecule has 5 heteroatoms. The van der Waals surface area contributed by atoms with Gasteiger partial charge in [0.05, 0.1) is 0 Å². The maximum absolute atomic E-state index is 13.1. The smallest absolute Gasteiger partial charge is 0.248 e. The van der Waals surface area contributed by atoms with Crippen LogP contribution in [0, 0.1) is 0 Å². The molecular weight excluding hydrogens is 234 g/mol. The Morgan fingerprint density at radius 3 is 2.44 bits per heavy atom. The van der Waals surface area contributed by atoms with Crippen molar-refractivity contribution in [1.82, 2.24) is 4.98 Å². The standard InChI is InChI=1S/C11H13ClF2N2/c12-9-8(2-1-7-16-9)10(15)3-5-11(13,14)6-4-10/h1-2,7H,3-6,15H2. The Morgan fingerprint density at radius 2 is 1.88 bits per heavy atom. The SMILES string of the molecule is NC1(c2cccnc2Cl)CCC(F)(F)CC1. The van der Waals surface area contributed by atoms with Crippen LogP contribution in [0.15, 0.2) is 18.3 Å². The number of pyridine rings is 1. The highest BCUT2D eigenvalue weighted by atomic mass is 35.5. The summed E-state index contributed by atoms with van der Waals surface area (Å²) in [6.45, 7) is 0. The summed E-state index contributed by atoms with van der Waals surface area (Å²) in [4.78, 5) is 3.93. The Kier molecular flexibility index (Phi) is 2.88. The summed E-state index contributed by atoms with van der Waals surface area (Å²) in [6, 6.07) is 3.49. The van der Waals surface area contributed by atoms with Crippen molar-refractivity contribution < 1.29 is 8.78 Å². The van der Waals surface area contributed by atoms with Crippen LogP contribution in [0.25, 0.3) is 0 Å². The van der Waals surface area contributed by atoms with E-state index in [2.05, 4.69) is 4.98 Å². The van der Waals surface area contributed by atoms with Crippen LogP contribution >= 0.6 is 11.6 Å². The van der Waals surface area contributed by atoms with Crippen molar-refractivity contribution in [3.05, 3.63) is 29.0 Å². The van der Waals surface area contributed by atoms with E-state index in [-0.39, 0.29) is 25.7 Å². The van der Waals surface area contributed by atoms with Gasteiger partial charge >= 0.3 is 0 Å². The Balaban J connectivity index is 2.25. The fraction of sp³-hybridized carbons (Fsp3) is 0.545. The predicted molar refractivity (Wildman–Crippen MR) is 58.5 cm³/mol. The van der Waals surface area contributed by atoms with Crippen molar-refractivity contribution in [2.45, 2.75) is 37.1 Å². The van der Waals surface area contributed by atoms with E-state index in [0.29, 0.717) is 10.7 Å². The number of halogens is 3. The fourth-order valence-corrected chi connectivity index (χ4v) is 2.40. The second-order valence-electron chi connectivity index (χ2n) is 4.35. The Hall–Kier alpha value is -0.740. The normalized spacial score (nSPS) is 23.0. The summed E-state index contributed by atoms with van der Waals surface area (Å²) in [6.07, 6.45) is 1.67. The van der Waals surface area contributed by atoms with E-state index >= 15 is 0 Å². The van der Waals surface area contributed by atoms with Gasteiger partial charge in [-0.15, -0.1) is 0 Å². The number of hydrogen-bond donors (Lipinski definition) is 1. The minimum atomic E-state index is -2.59. The first-order chi connectivity index (χ1) is 7.43. The summed E-state index contributed by atoms with van der Waals surface area (Å²) in [5, 5.41) is 0.315. The molecule has 1 aromatic rings. The minimum absolute atomic E-state index is 0.186. The lowest BCUT2D eigenvalue weighted by Gasteiger charge is -2.37. The van der Waals surface area contributed by atoms with Gasteiger partial charge in [-0.3, -0.25) is 0 Å². The molecule has 0 aliphatic heterocycles. The van der Waals surface area contributed by atoms with Crippen molar-refractivity contribution >= 4 is 11.6 Å². The number of hydrogen-bond acceptors (Lipinski definition) is 2. The molecule has 0 atom stereocenters. The molecule has 2 N–H and O–H groups in total. The minimum Gasteiger partial charge on any atom is -0.321 e. The number of aromatic nitrogens is 1. The van der Waals surface area contributed by atoms with Gasteiger partial charge in [0.15, 0.2) is 0 Å². The van der Waals surface area contributed by atoms with E-state index in [4.69, 9.17) is 17.3 Å². The van der Waals surface area contributed by atoms with E-state index in [1.165, 1.54) is 0 Å². The number of alkyl halides is 2. The zero-order valence-electron chi connectivity index (χ0n) is 8.72. The largest absolute Gasteiger partial charge is 0.321 e. The van der Waals surface area contributed by atoms with Crippen molar-refractivity contribution in [3.63, 3.8) is 0 Å². The number of nitrogens with two attached hydrogens (primary N) is 1. The van der Waals surface area contributed by atoms with E-state index < -0.39 is 11.5 Å². The Morgan fingerprint density at radius 1 is 1.25 bits per heavy atom. The molecule has 2 nitrogen and oxygen atoms in total. The van der Waals surface area contributed by atoms with Gasteiger partial charge in [0.25, 0.3) is 0 Å². The number of rotatable bonds is 1. The lowest BCUT2D eigenvalue weighted by atomic mass is 9.76. The van der Waals surface area contributed by atoms with Crippen molar-refractivity contribution in [2.24, 2.45) is 5.73 Å². The first kappa shape index (κ1) is 11.7. The summed E-state index contributed by atoms with van der Waals surface area (Å²) in [5.41, 5.74) is 6.06. The third-order valence-corrected chi connectivity index (χ3v) is 3.47. The van der Waals surface area contributed by atoms with Crippen molar-refractivity contribution in [1.29, 1.82) is 0 Å². The molecule has 1 aromatic heterocycles. The van der Waals surface area contributed by atoms with Crippen LogP contribution in [-0.4, -0.2) is 10.9 Å². The first-order valence-corrected chi connectivity index (χ1v) is 5.58. The quantitative estimate of drug-likeness (QED) is 0.774. The third kappa shape index (κ3) is 2.18. The molecule has 88 valence electrons. The summed E-state index contributed by atoms with van der Waals surface area (Å²) in [7, 11) is 0. The fourth-order valence-electron chi connectivity index (χ4n) is 2.09. The van der Waals surface area contributed by atoms with Crippen LogP contribution in [-0.2, 0) is 5.54 Å². The van der Waals surface area contributed by atoms with Gasteiger partial charge < -0.3 is 5.73 Å². The van der Waals surface area contributed by atoms with Crippen LogP contribution in [0.4, 0.5) is 8.78 Å². The average Bonchev–Trinajstić information content (AvgIpc) is 2.24. The molecular formula is C11H13ClF2N2. The molecule has 0 bridgehead atoms. The van der Waals surface area contributed by atoms with Crippen LogP contribution in [0.5, 0.6) is 0 Å². The second-order valence-corrected chi connectivity index (χ2v) is 4.71. The van der Waals surface area contributed by atoms with Crippen molar-refractivity contribution in [3.8, 4) is 0 Å². The second kappa shape index (κ2) is 3.93. The van der Waals surface area contributed by atoms with Gasteiger partial charge in [-0.1, -0.05) is 17.7 Å². The van der Waals surface area contributed by atoms with Crippen molar-refractivity contribution in [2.75, 3.05) is 0 Å². The summed E-state index contributed by atoms with van der Waals surface area (Å²) < 4.78 is 26.1.